The molecule has 0 spiro atoms. The third-order valence-electron chi connectivity index (χ3n) is 3.17. The Balaban J connectivity index is 2.62. The van der Waals surface area contributed by atoms with Crippen molar-refractivity contribution in [2.75, 3.05) is 25.0 Å². The molecule has 5 nitrogen and oxygen atoms in total. The number of carbonyl (C=O) groups excluding carboxylic acids is 1. The lowest BCUT2D eigenvalue weighted by atomic mass is 10.2. The van der Waals surface area contributed by atoms with Crippen LogP contribution in [0.4, 0.5) is 16.2 Å². The Morgan fingerprint density at radius 2 is 2.04 bits per heavy atom. The van der Waals surface area contributed by atoms with E-state index in [1.807, 2.05) is 52.8 Å². The highest BCUT2D eigenvalue weighted by molar-refractivity contribution is 5.69. The van der Waals surface area contributed by atoms with E-state index in [1.54, 1.807) is 4.90 Å². The predicted molar refractivity (Wildman–Crippen MR) is 97.0 cm³/mol. The van der Waals surface area contributed by atoms with E-state index < -0.39 is 5.60 Å². The van der Waals surface area contributed by atoms with Crippen LogP contribution in [0, 0.1) is 6.92 Å². The van der Waals surface area contributed by atoms with Crippen LogP contribution in [0.2, 0.25) is 0 Å². The first-order valence-corrected chi connectivity index (χ1v) is 8.06. The Morgan fingerprint density at radius 3 is 2.61 bits per heavy atom. The molecule has 0 aliphatic carbocycles. The smallest absolute Gasteiger partial charge is 0.410 e. The molecular weight excluding hydrogens is 290 g/mol. The highest BCUT2D eigenvalue weighted by Crippen LogP contribution is 2.25. The second-order valence-electron chi connectivity index (χ2n) is 6.57. The summed E-state index contributed by atoms with van der Waals surface area (Å²) in [4.78, 5) is 18.0. The van der Waals surface area contributed by atoms with Crippen LogP contribution in [0.25, 0.3) is 0 Å². The summed E-state index contributed by atoms with van der Waals surface area (Å²) in [6, 6.07) is 5.98. The zero-order valence-electron chi connectivity index (χ0n) is 15.0. The maximum absolute atomic E-state index is 12.2. The van der Waals surface area contributed by atoms with Crippen LogP contribution in [-0.2, 0) is 4.74 Å². The van der Waals surface area contributed by atoms with Gasteiger partial charge in [-0.15, -0.1) is 0 Å². The van der Waals surface area contributed by atoms with Crippen LogP contribution in [-0.4, -0.2) is 42.9 Å². The van der Waals surface area contributed by atoms with Crippen molar-refractivity contribution in [2.24, 2.45) is 4.99 Å². The number of hydrogen-bond donors (Lipinski definition) is 1. The second kappa shape index (κ2) is 8.56. The first-order valence-electron chi connectivity index (χ1n) is 8.06. The fourth-order valence-corrected chi connectivity index (χ4v) is 2.14. The van der Waals surface area contributed by atoms with E-state index in [1.165, 1.54) is 0 Å². The Morgan fingerprint density at radius 1 is 1.35 bits per heavy atom. The van der Waals surface area contributed by atoms with Gasteiger partial charge in [-0.2, -0.15) is 0 Å². The van der Waals surface area contributed by atoms with Gasteiger partial charge in [-0.25, -0.2) is 4.79 Å². The van der Waals surface area contributed by atoms with Crippen LogP contribution < -0.4 is 5.32 Å². The zero-order chi connectivity index (χ0) is 17.5. The van der Waals surface area contributed by atoms with Crippen LogP contribution in [0.15, 0.2) is 23.2 Å². The van der Waals surface area contributed by atoms with Crippen molar-refractivity contribution in [2.45, 2.75) is 46.6 Å². The monoisotopic (exact) mass is 319 g/mol. The number of aliphatic imine (C=N–C) groups is 1. The van der Waals surface area contributed by atoms with Gasteiger partial charge >= 0.3 is 6.09 Å². The van der Waals surface area contributed by atoms with E-state index in [-0.39, 0.29) is 6.09 Å². The van der Waals surface area contributed by atoms with Gasteiger partial charge in [0.1, 0.15) is 5.60 Å². The zero-order valence-corrected chi connectivity index (χ0v) is 15.0. The van der Waals surface area contributed by atoms with Gasteiger partial charge in [-0.05, 0) is 58.5 Å². The van der Waals surface area contributed by atoms with E-state index in [0.29, 0.717) is 19.6 Å². The van der Waals surface area contributed by atoms with Gasteiger partial charge in [-0.3, -0.25) is 4.99 Å². The molecule has 0 aromatic heterocycles. The molecule has 0 atom stereocenters. The summed E-state index contributed by atoms with van der Waals surface area (Å²) >= 11 is 0. The number of aryl methyl sites for hydroxylation is 1. The lowest BCUT2D eigenvalue weighted by Crippen LogP contribution is -2.39. The summed E-state index contributed by atoms with van der Waals surface area (Å²) in [6.07, 6.45) is 0.621. The second-order valence-corrected chi connectivity index (χ2v) is 6.57. The SMILES string of the molecule is C=Nc1cc(C)ccc1NCCN(CCC)C(=O)OC(C)(C)C. The summed E-state index contributed by atoms with van der Waals surface area (Å²) in [5, 5.41) is 3.31. The van der Waals surface area contributed by atoms with Gasteiger partial charge in [0.25, 0.3) is 0 Å². The molecule has 1 amide bonds. The van der Waals surface area contributed by atoms with Crippen molar-refractivity contribution in [1.82, 2.24) is 4.90 Å². The maximum Gasteiger partial charge on any atom is 0.410 e. The molecule has 128 valence electrons. The Bertz CT molecular complexity index is 536. The molecule has 1 rings (SSSR count). The number of nitrogens with one attached hydrogen (secondary N) is 1. The van der Waals surface area contributed by atoms with Gasteiger partial charge in [0.2, 0.25) is 0 Å². The van der Waals surface area contributed by atoms with E-state index in [2.05, 4.69) is 17.0 Å². The topological polar surface area (TPSA) is 53.9 Å². The summed E-state index contributed by atoms with van der Waals surface area (Å²) < 4.78 is 5.45. The average Bonchev–Trinajstić information content (AvgIpc) is 2.45. The molecule has 5 heteroatoms. The summed E-state index contributed by atoms with van der Waals surface area (Å²) in [6.45, 7) is 15.2. The highest BCUT2D eigenvalue weighted by Gasteiger charge is 2.21. The van der Waals surface area contributed by atoms with Crippen LogP contribution in [0.1, 0.15) is 39.7 Å². The van der Waals surface area contributed by atoms with E-state index >= 15 is 0 Å². The van der Waals surface area contributed by atoms with Gasteiger partial charge in [-0.1, -0.05) is 13.0 Å². The minimum Gasteiger partial charge on any atom is -0.444 e. The minimum atomic E-state index is -0.479. The molecule has 0 aliphatic rings. The molecule has 0 saturated heterocycles. The van der Waals surface area contributed by atoms with Crippen molar-refractivity contribution in [3.05, 3.63) is 23.8 Å². The molecule has 1 aromatic rings. The van der Waals surface area contributed by atoms with Crippen molar-refractivity contribution >= 4 is 24.2 Å². The molecule has 0 fully saturated rings. The normalized spacial score (nSPS) is 11.0. The van der Waals surface area contributed by atoms with Crippen molar-refractivity contribution in [3.8, 4) is 0 Å². The molecule has 0 saturated carbocycles. The molecule has 0 bridgehead atoms. The molecule has 1 aromatic carbocycles. The largest absolute Gasteiger partial charge is 0.444 e. The standard InChI is InChI=1S/C18H29N3O2/c1-7-11-21(17(22)23-18(3,4)5)12-10-20-15-9-8-14(2)13-16(15)19-6/h8-9,13,20H,6-7,10-12H2,1-5H3. The highest BCUT2D eigenvalue weighted by atomic mass is 16.6. The fraction of sp³-hybridized carbons (Fsp3) is 0.556. The predicted octanol–water partition coefficient (Wildman–Crippen LogP) is 4.39. The van der Waals surface area contributed by atoms with Crippen LogP contribution in [0.3, 0.4) is 0 Å². The van der Waals surface area contributed by atoms with E-state index in [4.69, 9.17) is 4.74 Å². The van der Waals surface area contributed by atoms with E-state index in [0.717, 1.165) is 23.4 Å². The van der Waals surface area contributed by atoms with Crippen molar-refractivity contribution < 1.29 is 9.53 Å². The Kier molecular flexibility index (Phi) is 7.07. The number of rotatable bonds is 7. The van der Waals surface area contributed by atoms with Crippen molar-refractivity contribution in [3.63, 3.8) is 0 Å². The first kappa shape index (κ1) is 19.0. The van der Waals surface area contributed by atoms with Gasteiger partial charge < -0.3 is 15.0 Å². The molecule has 1 N–H and O–H groups in total. The van der Waals surface area contributed by atoms with Crippen molar-refractivity contribution in [1.29, 1.82) is 0 Å². The average molecular weight is 319 g/mol. The quantitative estimate of drug-likeness (QED) is 0.759. The number of hydrogen-bond acceptors (Lipinski definition) is 4. The fourth-order valence-electron chi connectivity index (χ4n) is 2.14. The number of anilines is 1. The molecule has 0 aliphatic heterocycles. The number of carbonyl (C=O) groups is 1. The van der Waals surface area contributed by atoms with Gasteiger partial charge in [0.15, 0.2) is 0 Å². The first-order chi connectivity index (χ1) is 10.8. The summed E-state index contributed by atoms with van der Waals surface area (Å²) in [7, 11) is 0. The lowest BCUT2D eigenvalue weighted by Gasteiger charge is -2.27. The number of benzene rings is 1. The third kappa shape index (κ3) is 6.72. The molecule has 0 unspecified atom stereocenters. The van der Waals surface area contributed by atoms with Crippen LogP contribution >= 0.6 is 0 Å². The van der Waals surface area contributed by atoms with Crippen LogP contribution in [0.5, 0.6) is 0 Å². The minimum absolute atomic E-state index is 0.271. The Labute approximate surface area is 139 Å². The maximum atomic E-state index is 12.2. The summed E-state index contributed by atoms with van der Waals surface area (Å²) in [5.41, 5.74) is 2.41. The molecule has 0 radical (unpaired) electrons. The number of nitrogens with zero attached hydrogens (tertiary/aromatic N) is 2. The van der Waals surface area contributed by atoms with Gasteiger partial charge in [0, 0.05) is 19.6 Å². The lowest BCUT2D eigenvalue weighted by molar-refractivity contribution is 0.0257. The molecular formula is C18H29N3O2. The molecule has 0 heterocycles. The van der Waals surface area contributed by atoms with Gasteiger partial charge in [0.05, 0.1) is 11.4 Å². The summed E-state index contributed by atoms with van der Waals surface area (Å²) in [5.74, 6) is 0. The Hall–Kier alpha value is -2.04. The number of ether oxygens (including phenoxy) is 1. The third-order valence-corrected chi connectivity index (χ3v) is 3.17. The molecule has 23 heavy (non-hydrogen) atoms. The van der Waals surface area contributed by atoms with E-state index in [9.17, 15) is 4.79 Å². The number of amides is 1.